The third kappa shape index (κ3) is 2.16. The highest BCUT2D eigenvalue weighted by Crippen LogP contribution is 2.20. The van der Waals surface area contributed by atoms with Crippen LogP contribution in [0, 0.1) is 0 Å². The van der Waals surface area contributed by atoms with E-state index >= 15 is 0 Å². The maximum absolute atomic E-state index is 4.19. The maximum atomic E-state index is 4.19. The van der Waals surface area contributed by atoms with Crippen LogP contribution in [0.2, 0.25) is 0 Å². The summed E-state index contributed by atoms with van der Waals surface area (Å²) in [7, 11) is 1.91. The minimum atomic E-state index is 0.848. The Kier molecular flexibility index (Phi) is 2.96. The highest BCUT2D eigenvalue weighted by atomic mass is 15.4. The molecule has 0 bridgehead atoms. The average molecular weight is 289 g/mol. The van der Waals surface area contributed by atoms with Gasteiger partial charge in [-0.2, -0.15) is 0 Å². The molecule has 0 unspecified atom stereocenters. The molecule has 5 heteroatoms. The fourth-order valence-electron chi connectivity index (χ4n) is 2.73. The Labute approximate surface area is 127 Å². The number of aryl methyl sites for hydroxylation is 1. The molecule has 4 rings (SSSR count). The first-order chi connectivity index (χ1) is 10.8. The number of imidazole rings is 1. The van der Waals surface area contributed by atoms with Gasteiger partial charge in [-0.1, -0.05) is 29.5 Å². The van der Waals surface area contributed by atoms with Gasteiger partial charge in [-0.25, -0.2) is 9.67 Å². The molecule has 0 saturated carbocycles. The molecule has 0 aliphatic heterocycles. The summed E-state index contributed by atoms with van der Waals surface area (Å²) in [5.41, 5.74) is 5.61. The molecule has 22 heavy (non-hydrogen) atoms. The third-order valence-electron chi connectivity index (χ3n) is 3.84. The van der Waals surface area contributed by atoms with Crippen molar-refractivity contribution in [1.29, 1.82) is 0 Å². The number of aromatic nitrogens is 5. The van der Waals surface area contributed by atoms with E-state index in [-0.39, 0.29) is 0 Å². The van der Waals surface area contributed by atoms with Crippen LogP contribution < -0.4 is 0 Å². The maximum Gasteiger partial charge on any atom is 0.113 e. The molecule has 0 fully saturated rings. The molecule has 0 N–H and O–H groups in total. The van der Waals surface area contributed by atoms with Gasteiger partial charge in [0.2, 0.25) is 0 Å². The van der Waals surface area contributed by atoms with Gasteiger partial charge in [-0.05, 0) is 35.7 Å². The SMILES string of the molecule is Cn1nnc2cc(Cc3ccccc3-n3ccnc3)ccc21. The highest BCUT2D eigenvalue weighted by Gasteiger charge is 2.07. The van der Waals surface area contributed by atoms with Gasteiger partial charge in [0.05, 0.1) is 11.8 Å². The number of para-hydroxylation sites is 1. The van der Waals surface area contributed by atoms with Crippen molar-refractivity contribution in [2.24, 2.45) is 7.05 Å². The number of benzene rings is 2. The summed E-state index contributed by atoms with van der Waals surface area (Å²) in [4.78, 5) is 4.13. The Morgan fingerprint density at radius 1 is 1.09 bits per heavy atom. The van der Waals surface area contributed by atoms with Crippen LogP contribution in [0.5, 0.6) is 0 Å². The van der Waals surface area contributed by atoms with Crippen LogP contribution in [0.4, 0.5) is 0 Å². The van der Waals surface area contributed by atoms with Gasteiger partial charge in [0.1, 0.15) is 5.52 Å². The average Bonchev–Trinajstić information content (AvgIpc) is 3.18. The van der Waals surface area contributed by atoms with Crippen molar-refractivity contribution in [2.45, 2.75) is 6.42 Å². The van der Waals surface area contributed by atoms with Crippen LogP contribution in [0.25, 0.3) is 16.7 Å². The summed E-state index contributed by atoms with van der Waals surface area (Å²) in [5.74, 6) is 0. The normalized spacial score (nSPS) is 11.1. The molecule has 0 atom stereocenters. The standard InChI is InChI=1S/C17H15N5/c1-21-17-7-6-13(11-15(17)19-20-21)10-14-4-2-3-5-16(14)22-9-8-18-12-22/h2-9,11-12H,10H2,1H3. The zero-order valence-electron chi connectivity index (χ0n) is 12.2. The van der Waals surface area contributed by atoms with Gasteiger partial charge in [0.25, 0.3) is 0 Å². The van der Waals surface area contributed by atoms with Crippen LogP contribution in [-0.2, 0) is 13.5 Å². The summed E-state index contributed by atoms with van der Waals surface area (Å²) in [5, 5.41) is 8.25. The molecule has 0 spiro atoms. The summed E-state index contributed by atoms with van der Waals surface area (Å²) < 4.78 is 3.83. The zero-order chi connectivity index (χ0) is 14.9. The van der Waals surface area contributed by atoms with Gasteiger partial charge in [0.15, 0.2) is 0 Å². The minimum Gasteiger partial charge on any atom is -0.306 e. The summed E-state index contributed by atoms with van der Waals surface area (Å²) in [6.45, 7) is 0. The van der Waals surface area contributed by atoms with Crippen molar-refractivity contribution >= 4 is 11.0 Å². The number of hydrogen-bond donors (Lipinski definition) is 0. The predicted octanol–water partition coefficient (Wildman–Crippen LogP) is 2.74. The van der Waals surface area contributed by atoms with E-state index in [4.69, 9.17) is 0 Å². The Balaban J connectivity index is 1.73. The topological polar surface area (TPSA) is 48.5 Å². The number of nitrogens with zero attached hydrogens (tertiary/aromatic N) is 5. The second-order valence-corrected chi connectivity index (χ2v) is 5.31. The Morgan fingerprint density at radius 3 is 2.86 bits per heavy atom. The first-order valence-corrected chi connectivity index (χ1v) is 7.16. The van der Waals surface area contributed by atoms with Crippen LogP contribution in [0.1, 0.15) is 11.1 Å². The molecule has 0 aliphatic carbocycles. The molecule has 2 aromatic heterocycles. The van der Waals surface area contributed by atoms with E-state index in [0.29, 0.717) is 0 Å². The summed E-state index contributed by atoms with van der Waals surface area (Å²) in [6, 6.07) is 14.7. The Hall–Kier alpha value is -2.95. The first kappa shape index (κ1) is 12.8. The van der Waals surface area contributed by atoms with E-state index in [1.165, 1.54) is 11.1 Å². The van der Waals surface area contributed by atoms with Gasteiger partial charge in [0, 0.05) is 25.1 Å². The monoisotopic (exact) mass is 289 g/mol. The van der Waals surface area contributed by atoms with Crippen molar-refractivity contribution in [3.63, 3.8) is 0 Å². The fourth-order valence-corrected chi connectivity index (χ4v) is 2.73. The molecule has 0 saturated heterocycles. The van der Waals surface area contributed by atoms with Crippen LogP contribution in [0.15, 0.2) is 61.2 Å². The molecule has 108 valence electrons. The number of fused-ring (bicyclic) bond motifs is 1. The van der Waals surface area contributed by atoms with Crippen LogP contribution >= 0.6 is 0 Å². The van der Waals surface area contributed by atoms with Gasteiger partial charge >= 0.3 is 0 Å². The molecule has 5 nitrogen and oxygen atoms in total. The summed E-state index contributed by atoms with van der Waals surface area (Å²) >= 11 is 0. The van der Waals surface area contributed by atoms with Crippen LogP contribution in [0.3, 0.4) is 0 Å². The van der Waals surface area contributed by atoms with Crippen molar-refractivity contribution < 1.29 is 0 Å². The van der Waals surface area contributed by atoms with Crippen molar-refractivity contribution in [1.82, 2.24) is 24.5 Å². The van der Waals surface area contributed by atoms with E-state index < -0.39 is 0 Å². The molecular formula is C17H15N5. The lowest BCUT2D eigenvalue weighted by Crippen LogP contribution is -1.98. The lowest BCUT2D eigenvalue weighted by Gasteiger charge is -2.10. The van der Waals surface area contributed by atoms with E-state index in [1.807, 2.05) is 30.2 Å². The fraction of sp³-hybridized carbons (Fsp3) is 0.118. The second kappa shape index (κ2) is 5.11. The quantitative estimate of drug-likeness (QED) is 0.582. The molecule has 2 aromatic carbocycles. The Morgan fingerprint density at radius 2 is 2.00 bits per heavy atom. The minimum absolute atomic E-state index is 0.848. The largest absolute Gasteiger partial charge is 0.306 e. The zero-order valence-corrected chi connectivity index (χ0v) is 12.2. The molecule has 0 amide bonds. The van der Waals surface area contributed by atoms with Crippen molar-refractivity contribution in [3.05, 3.63) is 72.3 Å². The van der Waals surface area contributed by atoms with E-state index in [2.05, 4.69) is 51.7 Å². The Bertz CT molecular complexity index is 921. The summed E-state index contributed by atoms with van der Waals surface area (Å²) in [6.07, 6.45) is 6.43. The van der Waals surface area contributed by atoms with Gasteiger partial charge in [-0.15, -0.1) is 5.10 Å². The smallest absolute Gasteiger partial charge is 0.113 e. The molecule has 0 radical (unpaired) electrons. The van der Waals surface area contributed by atoms with Crippen molar-refractivity contribution in [3.8, 4) is 5.69 Å². The molecule has 4 aromatic rings. The van der Waals surface area contributed by atoms with Gasteiger partial charge in [-0.3, -0.25) is 0 Å². The number of rotatable bonds is 3. The molecule has 2 heterocycles. The molecular weight excluding hydrogens is 274 g/mol. The van der Waals surface area contributed by atoms with Crippen LogP contribution in [-0.4, -0.2) is 24.5 Å². The lowest BCUT2D eigenvalue weighted by molar-refractivity contribution is 0.736. The van der Waals surface area contributed by atoms with Gasteiger partial charge < -0.3 is 4.57 Å². The lowest BCUT2D eigenvalue weighted by atomic mass is 10.0. The first-order valence-electron chi connectivity index (χ1n) is 7.16. The third-order valence-corrected chi connectivity index (χ3v) is 3.84. The predicted molar refractivity (Wildman–Crippen MR) is 84.9 cm³/mol. The molecule has 0 aliphatic rings. The highest BCUT2D eigenvalue weighted by molar-refractivity contribution is 5.75. The van der Waals surface area contributed by atoms with E-state index in [9.17, 15) is 0 Å². The number of hydrogen-bond acceptors (Lipinski definition) is 3. The van der Waals surface area contributed by atoms with Crippen molar-refractivity contribution in [2.75, 3.05) is 0 Å². The second-order valence-electron chi connectivity index (χ2n) is 5.31. The van der Waals surface area contributed by atoms with E-state index in [1.54, 1.807) is 10.9 Å². The van der Waals surface area contributed by atoms with E-state index in [0.717, 1.165) is 23.1 Å².